The summed E-state index contributed by atoms with van der Waals surface area (Å²) in [6.45, 7) is 6.62. The smallest absolute Gasteiger partial charge is 0.306 e. The van der Waals surface area contributed by atoms with Crippen LogP contribution < -0.4 is 10.2 Å². The third kappa shape index (κ3) is 59.4. The molecule has 0 aromatic heterocycles. The van der Waals surface area contributed by atoms with Crippen molar-refractivity contribution in [2.45, 2.75) is 290 Å². The SMILES string of the molecule is CC/C=C\C/C=C\C/C=C\C/C=C\C/C=C\CCCCCCCCCCCCCC(=O)OC(/C=C\CCCCCCCCCCCC)C(COP(=O)([O-])OCC[N+](C)(C)C)NC(=O)CCCCCCCCC/C=C/C/C=C/CC. The van der Waals surface area contributed by atoms with Crippen LogP contribution in [0.1, 0.15) is 278 Å². The number of amides is 1. The lowest BCUT2D eigenvalue weighted by Crippen LogP contribution is -2.47. The van der Waals surface area contributed by atoms with E-state index in [1.54, 1.807) is 0 Å². The van der Waals surface area contributed by atoms with Crippen molar-refractivity contribution in [1.82, 2.24) is 5.32 Å². The Labute approximate surface area is 488 Å². The zero-order chi connectivity index (χ0) is 57.9. The lowest BCUT2D eigenvalue weighted by atomic mass is 10.0. The number of hydrogen-bond acceptors (Lipinski definition) is 7. The van der Waals surface area contributed by atoms with Gasteiger partial charge in [-0.15, -0.1) is 0 Å². The average molecular weight is 1120 g/mol. The number of quaternary nitrogens is 1. The van der Waals surface area contributed by atoms with E-state index in [2.05, 4.69) is 111 Å². The van der Waals surface area contributed by atoms with E-state index in [4.69, 9.17) is 13.8 Å². The van der Waals surface area contributed by atoms with Crippen LogP contribution in [-0.4, -0.2) is 69.4 Å². The van der Waals surface area contributed by atoms with Gasteiger partial charge in [0.05, 0.1) is 33.8 Å². The fourth-order valence-electron chi connectivity index (χ4n) is 9.06. The Balaban J connectivity index is 5.08. The molecule has 3 atom stereocenters. The van der Waals surface area contributed by atoms with E-state index < -0.39 is 26.6 Å². The summed E-state index contributed by atoms with van der Waals surface area (Å²) >= 11 is 0. The first-order valence-electron chi connectivity index (χ1n) is 32.5. The van der Waals surface area contributed by atoms with Gasteiger partial charge >= 0.3 is 5.97 Å². The number of likely N-dealkylation sites (N-methyl/N-ethyl adjacent to an activating group) is 1. The van der Waals surface area contributed by atoms with Crippen LogP contribution >= 0.6 is 7.82 Å². The van der Waals surface area contributed by atoms with Gasteiger partial charge in [0.1, 0.15) is 19.3 Å². The van der Waals surface area contributed by atoms with Crippen molar-refractivity contribution in [3.8, 4) is 0 Å². The highest BCUT2D eigenvalue weighted by Crippen LogP contribution is 2.38. The summed E-state index contributed by atoms with van der Waals surface area (Å²) in [5.74, 6) is -0.555. The van der Waals surface area contributed by atoms with Crippen LogP contribution in [0, 0.1) is 0 Å². The van der Waals surface area contributed by atoms with Gasteiger partial charge < -0.3 is 28.5 Å². The largest absolute Gasteiger partial charge is 0.756 e. The molecule has 0 spiro atoms. The summed E-state index contributed by atoms with van der Waals surface area (Å²) in [5, 5.41) is 3.02. The van der Waals surface area contributed by atoms with Gasteiger partial charge in [-0.05, 0) is 102 Å². The molecule has 0 radical (unpaired) electrons. The van der Waals surface area contributed by atoms with Crippen molar-refractivity contribution < 1.29 is 37.3 Å². The van der Waals surface area contributed by atoms with E-state index in [-0.39, 0.29) is 24.9 Å². The first-order valence-corrected chi connectivity index (χ1v) is 34.0. The standard InChI is InChI=1S/C69H123N2O7P/c1-7-10-13-16-19-22-25-28-30-31-32-33-34-35-36-37-38-39-40-41-42-44-47-50-53-56-59-62-69(73)78-67(60-57-54-51-48-45-27-24-21-18-15-12-9-3)66(65-77-79(74,75)76-64-63-71(4,5)6)70-68(72)61-58-55-52-49-46-43-29-26-23-20-17-14-11-8-2/h10-11,13-14,19-20,22-23,28,30,32-33,35-36,57,60,66-67H,7-9,12,15-18,21,24-27,29,31,34,37-56,58-59,61-65H2,1-6H3,(H-,70,72,74,75)/b13-10-,14-11+,22-19-,23-20+,30-28-,33-32-,36-35-,60-57-. The Morgan fingerprint density at radius 2 is 0.810 bits per heavy atom. The molecule has 0 saturated carbocycles. The van der Waals surface area contributed by atoms with Crippen molar-refractivity contribution >= 4 is 19.7 Å². The van der Waals surface area contributed by atoms with Gasteiger partial charge in [0.15, 0.2) is 0 Å². The number of nitrogens with zero attached hydrogens (tertiary/aromatic N) is 1. The number of phosphoric ester groups is 1. The van der Waals surface area contributed by atoms with Crippen LogP contribution in [-0.2, 0) is 27.9 Å². The molecule has 0 rings (SSSR count). The topological polar surface area (TPSA) is 114 Å². The van der Waals surface area contributed by atoms with E-state index in [9.17, 15) is 19.0 Å². The fraction of sp³-hybridized carbons (Fsp3) is 0.739. The summed E-state index contributed by atoms with van der Waals surface area (Å²) in [5.41, 5.74) is 0. The maximum Gasteiger partial charge on any atom is 0.306 e. The van der Waals surface area contributed by atoms with Crippen molar-refractivity contribution in [2.75, 3.05) is 40.9 Å². The average Bonchev–Trinajstić information content (AvgIpc) is 3.41. The molecule has 9 nitrogen and oxygen atoms in total. The first kappa shape index (κ1) is 75.9. The summed E-state index contributed by atoms with van der Waals surface area (Å²) in [7, 11) is 1.17. The maximum atomic E-state index is 13.5. The molecular weight excluding hydrogens is 1000 g/mol. The molecule has 10 heteroatoms. The van der Waals surface area contributed by atoms with E-state index in [1.165, 1.54) is 122 Å². The third-order valence-corrected chi connectivity index (χ3v) is 15.0. The van der Waals surface area contributed by atoms with Crippen LogP contribution in [0.15, 0.2) is 97.2 Å². The zero-order valence-electron chi connectivity index (χ0n) is 52.1. The molecule has 0 aliphatic heterocycles. The molecule has 0 heterocycles. The summed E-state index contributed by atoms with van der Waals surface area (Å²) in [4.78, 5) is 40.0. The van der Waals surface area contributed by atoms with Gasteiger partial charge in [-0.2, -0.15) is 0 Å². The van der Waals surface area contributed by atoms with E-state index in [0.717, 1.165) is 122 Å². The van der Waals surface area contributed by atoms with Gasteiger partial charge in [-0.25, -0.2) is 0 Å². The highest BCUT2D eigenvalue weighted by molar-refractivity contribution is 7.45. The van der Waals surface area contributed by atoms with Crippen LogP contribution in [0.3, 0.4) is 0 Å². The van der Waals surface area contributed by atoms with Crippen molar-refractivity contribution in [3.05, 3.63) is 97.2 Å². The quantitative estimate of drug-likeness (QED) is 0.0212. The normalized spacial score (nSPS) is 14.3. The van der Waals surface area contributed by atoms with E-state index >= 15 is 0 Å². The molecule has 0 aromatic rings. The first-order chi connectivity index (χ1) is 38.4. The lowest BCUT2D eigenvalue weighted by molar-refractivity contribution is -0.870. The Hall–Kier alpha value is -3.07. The number of unbranched alkanes of at least 4 members (excludes halogenated alkanes) is 28. The molecule has 0 aliphatic rings. The van der Waals surface area contributed by atoms with Crippen LogP contribution in [0.25, 0.3) is 0 Å². The minimum atomic E-state index is -4.71. The van der Waals surface area contributed by atoms with Crippen LogP contribution in [0.5, 0.6) is 0 Å². The number of phosphoric acid groups is 1. The highest BCUT2D eigenvalue weighted by atomic mass is 31.2. The van der Waals surface area contributed by atoms with Gasteiger partial charge in [-0.1, -0.05) is 260 Å². The predicted molar refractivity (Wildman–Crippen MR) is 339 cm³/mol. The second kappa shape index (κ2) is 58.1. The summed E-state index contributed by atoms with van der Waals surface area (Å²) < 4.78 is 30.3. The fourth-order valence-corrected chi connectivity index (χ4v) is 9.78. The molecule has 0 bridgehead atoms. The minimum Gasteiger partial charge on any atom is -0.756 e. The number of ether oxygens (including phenoxy) is 1. The van der Waals surface area contributed by atoms with Gasteiger partial charge in [-0.3, -0.25) is 14.2 Å². The number of carbonyl (C=O) groups is 2. The van der Waals surface area contributed by atoms with Crippen molar-refractivity contribution in [3.63, 3.8) is 0 Å². The molecule has 79 heavy (non-hydrogen) atoms. The molecule has 0 aliphatic carbocycles. The highest BCUT2D eigenvalue weighted by Gasteiger charge is 2.27. The number of hydrogen-bond donors (Lipinski definition) is 1. The Morgan fingerprint density at radius 3 is 1.22 bits per heavy atom. The number of carbonyl (C=O) groups excluding carboxylic acids is 2. The zero-order valence-corrected chi connectivity index (χ0v) is 52.9. The molecule has 1 amide bonds. The number of esters is 1. The molecule has 3 unspecified atom stereocenters. The van der Waals surface area contributed by atoms with Crippen molar-refractivity contribution in [1.29, 1.82) is 0 Å². The maximum absolute atomic E-state index is 13.5. The van der Waals surface area contributed by atoms with Gasteiger partial charge in [0.2, 0.25) is 5.91 Å². The van der Waals surface area contributed by atoms with E-state index in [1.807, 2.05) is 33.3 Å². The Kier molecular flexibility index (Phi) is 55.9. The number of allylic oxidation sites excluding steroid dienone is 15. The molecule has 456 valence electrons. The van der Waals surface area contributed by atoms with Crippen LogP contribution in [0.4, 0.5) is 0 Å². The Morgan fingerprint density at radius 1 is 0.456 bits per heavy atom. The Bertz CT molecular complexity index is 1670. The predicted octanol–water partition coefficient (Wildman–Crippen LogP) is 19.7. The summed E-state index contributed by atoms with van der Waals surface area (Å²) in [6, 6.07) is -0.898. The van der Waals surface area contributed by atoms with Gasteiger partial charge in [0, 0.05) is 12.8 Å². The number of rotatable bonds is 58. The number of nitrogens with one attached hydrogen (secondary N) is 1. The molecule has 1 N–H and O–H groups in total. The third-order valence-electron chi connectivity index (χ3n) is 14.0. The van der Waals surface area contributed by atoms with Crippen molar-refractivity contribution in [2.24, 2.45) is 0 Å². The molecule has 0 fully saturated rings. The van der Waals surface area contributed by atoms with Gasteiger partial charge in [0.25, 0.3) is 7.82 Å². The molecule has 0 aromatic carbocycles. The molecule has 0 saturated heterocycles. The second-order valence-corrected chi connectivity index (χ2v) is 24.3. The molecular formula is C69H123N2O7P. The lowest BCUT2D eigenvalue weighted by Gasteiger charge is -2.30. The minimum absolute atomic E-state index is 0.0278. The second-order valence-electron chi connectivity index (χ2n) is 22.9. The monoisotopic (exact) mass is 1120 g/mol. The van der Waals surface area contributed by atoms with E-state index in [0.29, 0.717) is 17.4 Å². The summed E-state index contributed by atoms with van der Waals surface area (Å²) in [6.07, 6.45) is 78.1. The van der Waals surface area contributed by atoms with Crippen LogP contribution in [0.2, 0.25) is 0 Å².